The maximum absolute atomic E-state index is 12.5. The van der Waals surface area contributed by atoms with Crippen LogP contribution in [0.4, 0.5) is 17.6 Å². The fourth-order valence-electron chi connectivity index (χ4n) is 3.98. The lowest BCUT2D eigenvalue weighted by atomic mass is 9.96. The number of carbonyl (C=O) groups is 1. The van der Waals surface area contributed by atoms with Gasteiger partial charge < -0.3 is 25.7 Å². The van der Waals surface area contributed by atoms with Crippen molar-refractivity contribution in [3.63, 3.8) is 0 Å². The Bertz CT molecular complexity index is 1260. The van der Waals surface area contributed by atoms with Gasteiger partial charge in [-0.3, -0.25) is 4.79 Å². The molecule has 0 atom stereocenters. The standard InChI is InChI=1S/C23H27N9O2/c1-31-12-9-16(10-13-31)20(33)26-17-6-4-15(5-7-17)8-11-25-22-28-21(24)32-23(29-22)27-19(30-32)18-3-2-14-34-18/h2-7,14,16H,8-13H2,1H3,(H,26,33)(H3,24,25,27,28,29,30). The van der Waals surface area contributed by atoms with Crippen LogP contribution in [-0.2, 0) is 11.2 Å². The van der Waals surface area contributed by atoms with Crippen LogP contribution in [0.2, 0.25) is 0 Å². The highest BCUT2D eigenvalue weighted by Gasteiger charge is 2.23. The summed E-state index contributed by atoms with van der Waals surface area (Å²) in [6, 6.07) is 11.4. The van der Waals surface area contributed by atoms with E-state index in [4.69, 9.17) is 10.2 Å². The average molecular weight is 462 g/mol. The second-order valence-electron chi connectivity index (χ2n) is 8.47. The molecule has 34 heavy (non-hydrogen) atoms. The third-order valence-electron chi connectivity index (χ3n) is 5.98. The van der Waals surface area contributed by atoms with E-state index in [1.807, 2.05) is 24.3 Å². The number of nitrogen functional groups attached to an aromatic ring is 1. The molecule has 0 spiro atoms. The number of hydrogen-bond acceptors (Lipinski definition) is 9. The molecule has 1 fully saturated rings. The number of carbonyl (C=O) groups excluding carboxylic acids is 1. The molecule has 1 aliphatic rings. The van der Waals surface area contributed by atoms with Gasteiger partial charge in [-0.25, -0.2) is 0 Å². The van der Waals surface area contributed by atoms with Crippen LogP contribution in [0.3, 0.4) is 0 Å². The summed E-state index contributed by atoms with van der Waals surface area (Å²) in [5.41, 5.74) is 7.97. The molecule has 5 rings (SSSR count). The number of nitrogens with two attached hydrogens (primary N) is 1. The van der Waals surface area contributed by atoms with Gasteiger partial charge in [0, 0.05) is 18.2 Å². The molecule has 11 heteroatoms. The third kappa shape index (κ3) is 4.84. The fraction of sp³-hybridized carbons (Fsp3) is 0.348. The van der Waals surface area contributed by atoms with Gasteiger partial charge in [-0.2, -0.15) is 19.5 Å². The summed E-state index contributed by atoms with van der Waals surface area (Å²) < 4.78 is 6.71. The van der Waals surface area contributed by atoms with Gasteiger partial charge in [0.15, 0.2) is 5.76 Å². The Hall–Kier alpha value is -3.99. The molecular weight excluding hydrogens is 434 g/mol. The number of likely N-dealkylation sites (tertiary alicyclic amines) is 1. The summed E-state index contributed by atoms with van der Waals surface area (Å²) in [6.45, 7) is 2.54. The average Bonchev–Trinajstić information content (AvgIpc) is 3.51. The molecule has 0 saturated carbocycles. The van der Waals surface area contributed by atoms with E-state index in [9.17, 15) is 4.79 Å². The highest BCUT2D eigenvalue weighted by molar-refractivity contribution is 5.92. The highest BCUT2D eigenvalue weighted by atomic mass is 16.3. The summed E-state index contributed by atoms with van der Waals surface area (Å²) in [7, 11) is 2.09. The number of piperidine rings is 1. The molecule has 1 aromatic carbocycles. The minimum absolute atomic E-state index is 0.0882. The lowest BCUT2D eigenvalue weighted by molar-refractivity contribution is -0.121. The minimum atomic E-state index is 0.0882. The second kappa shape index (κ2) is 9.48. The Morgan fingerprint density at radius 3 is 2.68 bits per heavy atom. The number of nitrogens with one attached hydrogen (secondary N) is 2. The van der Waals surface area contributed by atoms with Gasteiger partial charge in [0.25, 0.3) is 5.78 Å². The lowest BCUT2D eigenvalue weighted by Crippen LogP contribution is -2.35. The molecule has 1 aliphatic heterocycles. The summed E-state index contributed by atoms with van der Waals surface area (Å²) in [5, 5.41) is 10.5. The molecule has 4 aromatic rings. The first-order chi connectivity index (χ1) is 16.5. The molecular formula is C23H27N9O2. The monoisotopic (exact) mass is 461 g/mol. The first kappa shape index (κ1) is 21.8. The van der Waals surface area contributed by atoms with E-state index in [1.165, 1.54) is 4.52 Å². The van der Waals surface area contributed by atoms with Crippen LogP contribution in [0.5, 0.6) is 0 Å². The Labute approximate surface area is 196 Å². The highest BCUT2D eigenvalue weighted by Crippen LogP contribution is 2.20. The van der Waals surface area contributed by atoms with Crippen molar-refractivity contribution >= 4 is 29.3 Å². The van der Waals surface area contributed by atoms with Gasteiger partial charge in [-0.15, -0.1) is 5.10 Å². The molecule has 0 aliphatic carbocycles. The van der Waals surface area contributed by atoms with Crippen molar-refractivity contribution in [2.45, 2.75) is 19.3 Å². The maximum atomic E-state index is 12.5. The van der Waals surface area contributed by atoms with Gasteiger partial charge in [0.05, 0.1) is 6.26 Å². The molecule has 4 N–H and O–H groups in total. The quantitative estimate of drug-likeness (QED) is 0.378. The van der Waals surface area contributed by atoms with Crippen molar-refractivity contribution in [1.82, 2.24) is 29.5 Å². The first-order valence-electron chi connectivity index (χ1n) is 11.3. The summed E-state index contributed by atoms with van der Waals surface area (Å²) >= 11 is 0. The van der Waals surface area contributed by atoms with Gasteiger partial charge in [0.1, 0.15) is 0 Å². The molecule has 3 aromatic heterocycles. The Morgan fingerprint density at radius 2 is 1.94 bits per heavy atom. The zero-order valence-corrected chi connectivity index (χ0v) is 18.9. The number of nitrogens with zero attached hydrogens (tertiary/aromatic N) is 6. The number of hydrogen-bond donors (Lipinski definition) is 3. The predicted octanol–water partition coefficient (Wildman–Crippen LogP) is 2.30. The number of fused-ring (bicyclic) bond motifs is 1. The van der Waals surface area contributed by atoms with E-state index in [2.05, 4.69) is 42.6 Å². The van der Waals surface area contributed by atoms with Crippen LogP contribution < -0.4 is 16.4 Å². The summed E-state index contributed by atoms with van der Waals surface area (Å²) in [6.07, 6.45) is 4.12. The molecule has 0 bridgehead atoms. The molecule has 11 nitrogen and oxygen atoms in total. The Kier molecular flexibility index (Phi) is 6.09. The fourth-order valence-corrected chi connectivity index (χ4v) is 3.98. The van der Waals surface area contributed by atoms with Crippen LogP contribution in [0, 0.1) is 5.92 Å². The van der Waals surface area contributed by atoms with Crippen LogP contribution >= 0.6 is 0 Å². The maximum Gasteiger partial charge on any atom is 0.259 e. The molecule has 4 heterocycles. The van der Waals surface area contributed by atoms with Crippen LogP contribution in [-0.4, -0.2) is 62.1 Å². The summed E-state index contributed by atoms with van der Waals surface area (Å²) in [4.78, 5) is 27.8. The van der Waals surface area contributed by atoms with Crippen molar-refractivity contribution in [2.24, 2.45) is 5.92 Å². The number of anilines is 3. The van der Waals surface area contributed by atoms with Crippen LogP contribution in [0.1, 0.15) is 18.4 Å². The van der Waals surface area contributed by atoms with E-state index in [1.54, 1.807) is 18.4 Å². The van der Waals surface area contributed by atoms with Gasteiger partial charge >= 0.3 is 0 Å². The van der Waals surface area contributed by atoms with Gasteiger partial charge in [-0.05, 0) is 69.2 Å². The minimum Gasteiger partial charge on any atom is -0.461 e. The van der Waals surface area contributed by atoms with Crippen LogP contribution in [0.15, 0.2) is 47.1 Å². The second-order valence-corrected chi connectivity index (χ2v) is 8.47. The largest absolute Gasteiger partial charge is 0.461 e. The van der Waals surface area contributed by atoms with Crippen molar-refractivity contribution in [3.8, 4) is 11.6 Å². The first-order valence-corrected chi connectivity index (χ1v) is 11.3. The van der Waals surface area contributed by atoms with E-state index in [0.717, 1.165) is 43.6 Å². The number of rotatable bonds is 7. The molecule has 1 amide bonds. The van der Waals surface area contributed by atoms with E-state index < -0.39 is 0 Å². The number of furan rings is 1. The SMILES string of the molecule is CN1CCC(C(=O)Nc2ccc(CCNc3nc(N)n4nc(-c5ccco5)nc4n3)cc2)CC1. The van der Waals surface area contributed by atoms with Gasteiger partial charge in [-0.1, -0.05) is 12.1 Å². The Balaban J connectivity index is 1.15. The number of benzene rings is 1. The normalized spacial score (nSPS) is 15.0. The predicted molar refractivity (Wildman–Crippen MR) is 128 cm³/mol. The zero-order valence-electron chi connectivity index (χ0n) is 18.9. The van der Waals surface area contributed by atoms with Crippen LogP contribution in [0.25, 0.3) is 17.4 Å². The molecule has 0 unspecified atom stereocenters. The van der Waals surface area contributed by atoms with Crippen molar-refractivity contribution in [2.75, 3.05) is 43.0 Å². The molecule has 176 valence electrons. The third-order valence-corrected chi connectivity index (χ3v) is 5.98. The van der Waals surface area contributed by atoms with Crippen molar-refractivity contribution in [1.29, 1.82) is 0 Å². The smallest absolute Gasteiger partial charge is 0.259 e. The molecule has 0 radical (unpaired) electrons. The van der Waals surface area contributed by atoms with E-state index >= 15 is 0 Å². The van der Waals surface area contributed by atoms with Crippen molar-refractivity contribution in [3.05, 3.63) is 48.2 Å². The number of amides is 1. The van der Waals surface area contributed by atoms with E-state index in [0.29, 0.717) is 29.9 Å². The summed E-state index contributed by atoms with van der Waals surface area (Å²) in [5.74, 6) is 2.03. The zero-order chi connectivity index (χ0) is 23.5. The molecule has 1 saturated heterocycles. The lowest BCUT2D eigenvalue weighted by Gasteiger charge is -2.28. The number of aromatic nitrogens is 5. The Morgan fingerprint density at radius 1 is 1.15 bits per heavy atom. The van der Waals surface area contributed by atoms with Crippen molar-refractivity contribution < 1.29 is 9.21 Å². The topological polar surface area (TPSA) is 140 Å². The van der Waals surface area contributed by atoms with E-state index in [-0.39, 0.29) is 17.8 Å². The van der Waals surface area contributed by atoms with Gasteiger partial charge in [0.2, 0.25) is 23.6 Å².